The molecule has 0 radical (unpaired) electrons. The first-order valence-electron chi connectivity index (χ1n) is 7.91. The van der Waals surface area contributed by atoms with Gasteiger partial charge in [-0.1, -0.05) is 0 Å². The largest absolute Gasteiger partial charge is 0.343 e. The number of nitrogens with one attached hydrogen (secondary N) is 2. The lowest BCUT2D eigenvalue weighted by Gasteiger charge is -2.27. The van der Waals surface area contributed by atoms with Gasteiger partial charge in [0.15, 0.2) is 0 Å². The van der Waals surface area contributed by atoms with E-state index >= 15 is 0 Å². The molecule has 0 spiro atoms. The van der Waals surface area contributed by atoms with E-state index in [1.165, 1.54) is 12.8 Å². The van der Waals surface area contributed by atoms with Crippen molar-refractivity contribution in [3.8, 4) is 0 Å². The quantitative estimate of drug-likeness (QED) is 0.706. The number of hydrogen-bond donors (Lipinski definition) is 2. The lowest BCUT2D eigenvalue weighted by Crippen LogP contribution is -2.43. The summed E-state index contributed by atoms with van der Waals surface area (Å²) in [6.07, 6.45) is 5.23. The van der Waals surface area contributed by atoms with Gasteiger partial charge in [-0.2, -0.15) is 0 Å². The molecule has 1 aliphatic rings. The van der Waals surface area contributed by atoms with Crippen molar-refractivity contribution in [2.45, 2.75) is 65.0 Å². The summed E-state index contributed by atoms with van der Waals surface area (Å²) in [6.45, 7) is 10.3. The summed E-state index contributed by atoms with van der Waals surface area (Å²) >= 11 is 0. The van der Waals surface area contributed by atoms with Crippen LogP contribution in [0.25, 0.3) is 0 Å². The van der Waals surface area contributed by atoms with Gasteiger partial charge in [-0.15, -0.1) is 0 Å². The third-order valence-corrected chi connectivity index (χ3v) is 4.00. The number of amides is 1. The van der Waals surface area contributed by atoms with Crippen molar-refractivity contribution in [1.29, 1.82) is 0 Å². The number of rotatable bonds is 8. The molecule has 4 heteroatoms. The van der Waals surface area contributed by atoms with Crippen LogP contribution in [0.4, 0.5) is 0 Å². The molecule has 1 atom stereocenters. The fourth-order valence-corrected chi connectivity index (χ4v) is 2.77. The Morgan fingerprint density at radius 1 is 1.32 bits per heavy atom. The minimum Gasteiger partial charge on any atom is -0.343 e. The second-order valence-electron chi connectivity index (χ2n) is 5.55. The molecule has 0 aliphatic carbocycles. The van der Waals surface area contributed by atoms with E-state index in [0.29, 0.717) is 24.4 Å². The van der Waals surface area contributed by atoms with Crippen LogP contribution in [0.3, 0.4) is 0 Å². The molecule has 1 aliphatic heterocycles. The van der Waals surface area contributed by atoms with Gasteiger partial charge in [0, 0.05) is 31.6 Å². The van der Waals surface area contributed by atoms with E-state index in [0.717, 1.165) is 39.0 Å². The third kappa shape index (κ3) is 6.39. The summed E-state index contributed by atoms with van der Waals surface area (Å²) in [4.78, 5) is 13.8. The number of carbonyl (C=O) groups is 1. The average Bonchev–Trinajstić information content (AvgIpc) is 2.41. The van der Waals surface area contributed by atoms with Crippen molar-refractivity contribution in [3.63, 3.8) is 0 Å². The highest BCUT2D eigenvalue weighted by Crippen LogP contribution is 2.08. The van der Waals surface area contributed by atoms with E-state index < -0.39 is 0 Å². The molecule has 1 heterocycles. The van der Waals surface area contributed by atoms with Gasteiger partial charge in [-0.25, -0.2) is 0 Å². The Kier molecular flexibility index (Phi) is 8.07. The molecule has 0 aromatic carbocycles. The van der Waals surface area contributed by atoms with Gasteiger partial charge in [-0.05, 0) is 59.5 Å². The third-order valence-electron chi connectivity index (χ3n) is 4.00. The second-order valence-corrected chi connectivity index (χ2v) is 5.55. The van der Waals surface area contributed by atoms with Crippen LogP contribution in [0.1, 0.15) is 52.9 Å². The maximum Gasteiger partial charge on any atom is 0.222 e. The predicted octanol–water partition coefficient (Wildman–Crippen LogP) is 1.76. The maximum absolute atomic E-state index is 11.9. The van der Waals surface area contributed by atoms with Crippen LogP contribution >= 0.6 is 0 Å². The summed E-state index contributed by atoms with van der Waals surface area (Å²) in [5, 5.41) is 7.07. The van der Waals surface area contributed by atoms with Gasteiger partial charge in [-0.3, -0.25) is 4.79 Å². The number of hydrogen-bond acceptors (Lipinski definition) is 3. The minimum absolute atomic E-state index is 0.305. The summed E-state index contributed by atoms with van der Waals surface area (Å²) in [5.41, 5.74) is 0. The molecule has 1 fully saturated rings. The first-order valence-corrected chi connectivity index (χ1v) is 7.91. The van der Waals surface area contributed by atoms with Crippen molar-refractivity contribution in [2.75, 3.05) is 26.2 Å². The smallest absolute Gasteiger partial charge is 0.222 e. The zero-order valence-corrected chi connectivity index (χ0v) is 12.9. The molecular formula is C15H31N3O. The highest BCUT2D eigenvalue weighted by atomic mass is 16.2. The van der Waals surface area contributed by atoms with Crippen LogP contribution in [-0.4, -0.2) is 49.1 Å². The molecule has 0 aromatic heterocycles. The molecule has 112 valence electrons. The number of piperidine rings is 1. The summed E-state index contributed by atoms with van der Waals surface area (Å²) < 4.78 is 0. The first kappa shape index (κ1) is 16.4. The van der Waals surface area contributed by atoms with Crippen molar-refractivity contribution in [2.24, 2.45) is 0 Å². The van der Waals surface area contributed by atoms with Crippen molar-refractivity contribution in [3.05, 3.63) is 0 Å². The van der Waals surface area contributed by atoms with Crippen LogP contribution in [0.5, 0.6) is 0 Å². The Balaban J connectivity index is 2.12. The zero-order valence-electron chi connectivity index (χ0n) is 12.9. The van der Waals surface area contributed by atoms with Crippen LogP contribution in [0, 0.1) is 0 Å². The van der Waals surface area contributed by atoms with Gasteiger partial charge in [0.1, 0.15) is 0 Å². The van der Waals surface area contributed by atoms with Gasteiger partial charge < -0.3 is 15.5 Å². The standard InChI is InChI=1S/C15H31N3O/c1-4-18(5-2)15(19)8-6-7-13(3)17-14-9-11-16-12-10-14/h13-14,16-17H,4-12H2,1-3H3. The van der Waals surface area contributed by atoms with Crippen LogP contribution in [-0.2, 0) is 4.79 Å². The molecule has 1 saturated heterocycles. The van der Waals surface area contributed by atoms with E-state index in [1.807, 2.05) is 18.7 Å². The molecule has 0 aromatic rings. The van der Waals surface area contributed by atoms with Crippen LogP contribution in [0.15, 0.2) is 0 Å². The topological polar surface area (TPSA) is 44.4 Å². The first-order chi connectivity index (χ1) is 9.17. The Bertz CT molecular complexity index is 248. The summed E-state index contributed by atoms with van der Waals surface area (Å²) in [7, 11) is 0. The predicted molar refractivity (Wildman–Crippen MR) is 80.3 cm³/mol. The minimum atomic E-state index is 0.305. The molecule has 1 amide bonds. The maximum atomic E-state index is 11.9. The van der Waals surface area contributed by atoms with Crippen molar-refractivity contribution >= 4 is 5.91 Å². The number of carbonyl (C=O) groups excluding carboxylic acids is 1. The van der Waals surface area contributed by atoms with E-state index in [1.54, 1.807) is 0 Å². The van der Waals surface area contributed by atoms with E-state index in [2.05, 4.69) is 17.6 Å². The van der Waals surface area contributed by atoms with Gasteiger partial charge in [0.25, 0.3) is 0 Å². The monoisotopic (exact) mass is 269 g/mol. The van der Waals surface area contributed by atoms with Crippen LogP contribution < -0.4 is 10.6 Å². The molecule has 0 bridgehead atoms. The lowest BCUT2D eigenvalue weighted by atomic mass is 10.0. The van der Waals surface area contributed by atoms with Crippen LogP contribution in [0.2, 0.25) is 0 Å². The second kappa shape index (κ2) is 9.32. The lowest BCUT2D eigenvalue weighted by molar-refractivity contribution is -0.130. The fourth-order valence-electron chi connectivity index (χ4n) is 2.77. The van der Waals surface area contributed by atoms with Crippen molar-refractivity contribution < 1.29 is 4.79 Å². The summed E-state index contributed by atoms with van der Waals surface area (Å²) in [6, 6.07) is 1.18. The highest BCUT2D eigenvalue weighted by molar-refractivity contribution is 5.76. The molecule has 2 N–H and O–H groups in total. The van der Waals surface area contributed by atoms with Crippen molar-refractivity contribution in [1.82, 2.24) is 15.5 Å². The Hall–Kier alpha value is -0.610. The fraction of sp³-hybridized carbons (Fsp3) is 0.933. The highest BCUT2D eigenvalue weighted by Gasteiger charge is 2.15. The van der Waals surface area contributed by atoms with E-state index in [-0.39, 0.29) is 0 Å². The Labute approximate surface area is 118 Å². The Morgan fingerprint density at radius 3 is 2.53 bits per heavy atom. The Morgan fingerprint density at radius 2 is 1.95 bits per heavy atom. The summed E-state index contributed by atoms with van der Waals surface area (Å²) in [5.74, 6) is 0.305. The number of nitrogens with zero attached hydrogens (tertiary/aromatic N) is 1. The molecular weight excluding hydrogens is 238 g/mol. The van der Waals surface area contributed by atoms with Gasteiger partial charge >= 0.3 is 0 Å². The SMILES string of the molecule is CCN(CC)C(=O)CCCC(C)NC1CCNCC1. The molecule has 1 unspecified atom stereocenters. The molecule has 19 heavy (non-hydrogen) atoms. The van der Waals surface area contributed by atoms with E-state index in [4.69, 9.17) is 0 Å². The van der Waals surface area contributed by atoms with Gasteiger partial charge in [0.05, 0.1) is 0 Å². The normalized spacial score (nSPS) is 18.3. The molecule has 0 saturated carbocycles. The molecule has 1 rings (SSSR count). The molecule has 4 nitrogen and oxygen atoms in total. The zero-order chi connectivity index (χ0) is 14.1. The van der Waals surface area contributed by atoms with E-state index in [9.17, 15) is 4.79 Å². The van der Waals surface area contributed by atoms with Gasteiger partial charge in [0.2, 0.25) is 5.91 Å². The average molecular weight is 269 g/mol.